The molecule has 0 radical (unpaired) electrons. The van der Waals surface area contributed by atoms with Crippen LogP contribution in [0.5, 0.6) is 5.75 Å². The van der Waals surface area contributed by atoms with E-state index in [1.54, 1.807) is 30.6 Å². The molecule has 2 aliphatic rings. The second-order valence-electron chi connectivity index (χ2n) is 8.37. The Balaban J connectivity index is 1.38. The van der Waals surface area contributed by atoms with E-state index in [4.69, 9.17) is 4.74 Å². The number of ether oxygens (including phenoxy) is 1. The van der Waals surface area contributed by atoms with E-state index in [0.29, 0.717) is 24.3 Å². The van der Waals surface area contributed by atoms with Gasteiger partial charge in [0.1, 0.15) is 11.6 Å². The Labute approximate surface area is 175 Å². The predicted molar refractivity (Wildman–Crippen MR) is 112 cm³/mol. The van der Waals surface area contributed by atoms with Crippen LogP contribution in [0.15, 0.2) is 23.6 Å². The van der Waals surface area contributed by atoms with Crippen LogP contribution in [-0.2, 0) is 17.8 Å². The standard InChI is InChI=1S/C22H28FN3O2S/c1-16-24-18(13-29-16)11-21(27)26-9-7-22(15-26)6-3-8-25(14-22)12-17-10-19(28-2)4-5-20(17)23/h4-5,10,13H,3,6-9,11-12,14-15H2,1-2H3/t22-/m0/s1. The first kappa shape index (κ1) is 20.3. The van der Waals surface area contributed by atoms with Gasteiger partial charge >= 0.3 is 0 Å². The van der Waals surface area contributed by atoms with Gasteiger partial charge in [-0.3, -0.25) is 9.69 Å². The van der Waals surface area contributed by atoms with Crippen molar-refractivity contribution in [2.24, 2.45) is 5.41 Å². The van der Waals surface area contributed by atoms with Crippen LogP contribution in [0.2, 0.25) is 0 Å². The molecule has 3 heterocycles. The first-order chi connectivity index (χ1) is 14.0. The molecule has 2 saturated heterocycles. The van der Waals surface area contributed by atoms with Gasteiger partial charge < -0.3 is 9.64 Å². The average molecular weight is 418 g/mol. The molecule has 1 amide bonds. The normalized spacial score (nSPS) is 22.4. The highest BCUT2D eigenvalue weighted by Crippen LogP contribution is 2.39. The number of likely N-dealkylation sites (tertiary alicyclic amines) is 2. The molecule has 156 valence electrons. The number of hydrogen-bond donors (Lipinski definition) is 0. The number of carbonyl (C=O) groups excluding carboxylic acids is 1. The van der Waals surface area contributed by atoms with Crippen LogP contribution in [-0.4, -0.2) is 54.0 Å². The van der Waals surface area contributed by atoms with Crippen molar-refractivity contribution in [2.45, 2.75) is 39.2 Å². The third-order valence-corrected chi connectivity index (χ3v) is 7.00. The maximum atomic E-state index is 14.3. The van der Waals surface area contributed by atoms with Crippen LogP contribution >= 0.6 is 11.3 Å². The summed E-state index contributed by atoms with van der Waals surface area (Å²) < 4.78 is 19.5. The highest BCUT2D eigenvalue weighted by molar-refractivity contribution is 7.09. The van der Waals surface area contributed by atoms with Crippen LogP contribution in [0.1, 0.15) is 35.5 Å². The van der Waals surface area contributed by atoms with Gasteiger partial charge in [0.25, 0.3) is 0 Å². The molecule has 0 N–H and O–H groups in total. The van der Waals surface area contributed by atoms with E-state index >= 15 is 0 Å². The number of thiazole rings is 1. The number of piperidine rings is 1. The van der Waals surface area contributed by atoms with Gasteiger partial charge in [0.2, 0.25) is 5.91 Å². The molecule has 2 aromatic rings. The lowest BCUT2D eigenvalue weighted by Crippen LogP contribution is -2.45. The molecule has 7 heteroatoms. The first-order valence-electron chi connectivity index (χ1n) is 10.2. The number of benzene rings is 1. The number of hydrogen-bond acceptors (Lipinski definition) is 5. The zero-order valence-electron chi connectivity index (χ0n) is 17.1. The van der Waals surface area contributed by atoms with Crippen molar-refractivity contribution in [1.29, 1.82) is 0 Å². The zero-order chi connectivity index (χ0) is 20.4. The quantitative estimate of drug-likeness (QED) is 0.745. The highest BCUT2D eigenvalue weighted by Gasteiger charge is 2.42. The molecule has 1 aromatic carbocycles. The minimum absolute atomic E-state index is 0.126. The van der Waals surface area contributed by atoms with Crippen LogP contribution in [0.4, 0.5) is 4.39 Å². The molecule has 29 heavy (non-hydrogen) atoms. The lowest BCUT2D eigenvalue weighted by Gasteiger charge is -2.40. The summed E-state index contributed by atoms with van der Waals surface area (Å²) in [5, 5.41) is 2.97. The van der Waals surface area contributed by atoms with Crippen molar-refractivity contribution in [3.63, 3.8) is 0 Å². The minimum Gasteiger partial charge on any atom is -0.497 e. The Hall–Kier alpha value is -1.99. The number of halogens is 1. The second-order valence-corrected chi connectivity index (χ2v) is 9.43. The van der Waals surface area contributed by atoms with Gasteiger partial charge in [-0.15, -0.1) is 11.3 Å². The molecule has 2 aliphatic heterocycles. The van der Waals surface area contributed by atoms with Crippen LogP contribution < -0.4 is 4.74 Å². The molecular weight excluding hydrogens is 389 g/mol. The largest absolute Gasteiger partial charge is 0.497 e. The van der Waals surface area contributed by atoms with Gasteiger partial charge in [-0.05, 0) is 50.9 Å². The monoisotopic (exact) mass is 417 g/mol. The smallest absolute Gasteiger partial charge is 0.228 e. The van der Waals surface area contributed by atoms with Gasteiger partial charge in [-0.25, -0.2) is 9.37 Å². The van der Waals surface area contributed by atoms with E-state index < -0.39 is 0 Å². The fraction of sp³-hybridized carbons (Fsp3) is 0.545. The molecule has 2 fully saturated rings. The Bertz CT molecular complexity index is 887. The van der Waals surface area contributed by atoms with Gasteiger partial charge in [-0.2, -0.15) is 0 Å². The number of aromatic nitrogens is 1. The number of nitrogens with zero attached hydrogens (tertiary/aromatic N) is 3. The maximum absolute atomic E-state index is 14.3. The summed E-state index contributed by atoms with van der Waals surface area (Å²) >= 11 is 1.59. The molecule has 1 atom stereocenters. The fourth-order valence-electron chi connectivity index (χ4n) is 4.72. The summed E-state index contributed by atoms with van der Waals surface area (Å²) in [5.74, 6) is 0.665. The van der Waals surface area contributed by atoms with Gasteiger partial charge in [0, 0.05) is 42.5 Å². The van der Waals surface area contributed by atoms with Gasteiger partial charge in [-0.1, -0.05) is 0 Å². The third kappa shape index (κ3) is 4.61. The van der Waals surface area contributed by atoms with Gasteiger partial charge in [0.05, 0.1) is 24.2 Å². The van der Waals surface area contributed by atoms with Crippen molar-refractivity contribution in [2.75, 3.05) is 33.3 Å². The molecule has 5 nitrogen and oxygen atoms in total. The van der Waals surface area contributed by atoms with E-state index in [0.717, 1.165) is 56.1 Å². The zero-order valence-corrected chi connectivity index (χ0v) is 17.9. The van der Waals surface area contributed by atoms with Crippen LogP contribution in [0.25, 0.3) is 0 Å². The van der Waals surface area contributed by atoms with E-state index in [2.05, 4.69) is 9.88 Å². The second kappa shape index (κ2) is 8.40. The average Bonchev–Trinajstić information content (AvgIpc) is 3.30. The molecule has 1 aromatic heterocycles. The van der Waals surface area contributed by atoms with Crippen molar-refractivity contribution in [3.05, 3.63) is 45.7 Å². The Kier molecular flexibility index (Phi) is 5.88. The molecule has 1 spiro atoms. The van der Waals surface area contributed by atoms with E-state index in [9.17, 15) is 9.18 Å². The highest BCUT2D eigenvalue weighted by atomic mass is 32.1. The summed E-state index contributed by atoms with van der Waals surface area (Å²) in [6.45, 7) is 6.02. The summed E-state index contributed by atoms with van der Waals surface area (Å²) in [7, 11) is 1.60. The summed E-state index contributed by atoms with van der Waals surface area (Å²) in [6, 6.07) is 4.92. The Morgan fingerprint density at radius 1 is 1.31 bits per heavy atom. The number of carbonyl (C=O) groups is 1. The van der Waals surface area contributed by atoms with Crippen molar-refractivity contribution < 1.29 is 13.9 Å². The molecular formula is C22H28FN3O2S. The summed E-state index contributed by atoms with van der Waals surface area (Å²) in [6.07, 6.45) is 3.62. The Morgan fingerprint density at radius 2 is 2.17 bits per heavy atom. The lowest BCUT2D eigenvalue weighted by molar-refractivity contribution is -0.130. The molecule has 0 aliphatic carbocycles. The van der Waals surface area contributed by atoms with Crippen LogP contribution in [0, 0.1) is 18.2 Å². The number of methoxy groups -OCH3 is 1. The fourth-order valence-corrected chi connectivity index (χ4v) is 5.34. The molecule has 0 saturated carbocycles. The van der Waals surface area contributed by atoms with E-state index in [1.807, 2.05) is 17.2 Å². The molecule has 0 bridgehead atoms. The number of amides is 1. The van der Waals surface area contributed by atoms with Crippen molar-refractivity contribution in [1.82, 2.24) is 14.8 Å². The predicted octanol–water partition coefficient (Wildman–Crippen LogP) is 3.66. The Morgan fingerprint density at radius 3 is 2.93 bits per heavy atom. The van der Waals surface area contributed by atoms with Crippen molar-refractivity contribution in [3.8, 4) is 5.75 Å². The number of rotatable bonds is 5. The SMILES string of the molecule is COc1ccc(F)c(CN2CCC[C@]3(CCN(C(=O)Cc4csc(C)n4)C3)C2)c1. The van der Waals surface area contributed by atoms with E-state index in [-0.39, 0.29) is 17.1 Å². The third-order valence-electron chi connectivity index (χ3n) is 6.18. The van der Waals surface area contributed by atoms with Crippen molar-refractivity contribution >= 4 is 17.2 Å². The topological polar surface area (TPSA) is 45.7 Å². The first-order valence-corrected chi connectivity index (χ1v) is 11.1. The molecule has 0 unspecified atom stereocenters. The number of aryl methyl sites for hydroxylation is 1. The minimum atomic E-state index is -0.188. The van der Waals surface area contributed by atoms with Gasteiger partial charge in [0.15, 0.2) is 0 Å². The maximum Gasteiger partial charge on any atom is 0.228 e. The summed E-state index contributed by atoms with van der Waals surface area (Å²) in [4.78, 5) is 21.5. The van der Waals surface area contributed by atoms with E-state index in [1.165, 1.54) is 6.07 Å². The lowest BCUT2D eigenvalue weighted by atomic mass is 9.79. The summed E-state index contributed by atoms with van der Waals surface area (Å²) in [5.41, 5.74) is 1.67. The molecule has 4 rings (SSSR count). The van der Waals surface area contributed by atoms with Crippen LogP contribution in [0.3, 0.4) is 0 Å².